The van der Waals surface area contributed by atoms with Gasteiger partial charge in [-0.25, -0.2) is 0 Å². The second-order valence-corrected chi connectivity index (χ2v) is 5.90. The van der Waals surface area contributed by atoms with E-state index in [0.717, 1.165) is 29.8 Å². The lowest BCUT2D eigenvalue weighted by atomic mass is 10.1. The number of nitrogens with one attached hydrogen (secondary N) is 1. The predicted molar refractivity (Wildman–Crippen MR) is 88.4 cm³/mol. The average Bonchev–Trinajstić information content (AvgIpc) is 2.94. The summed E-state index contributed by atoms with van der Waals surface area (Å²) in [6, 6.07) is 13.9. The van der Waals surface area contributed by atoms with Crippen LogP contribution in [0, 0.1) is 6.92 Å². The van der Waals surface area contributed by atoms with Gasteiger partial charge in [0.25, 0.3) is 5.91 Å². The third-order valence-corrected chi connectivity index (χ3v) is 4.04. The van der Waals surface area contributed by atoms with E-state index in [2.05, 4.69) is 17.4 Å². The Kier molecular flexibility index (Phi) is 4.14. The van der Waals surface area contributed by atoms with E-state index in [4.69, 9.17) is 4.74 Å². The molecule has 1 amide bonds. The molecule has 1 aliphatic rings. The molecule has 0 spiro atoms. The molecule has 0 aliphatic heterocycles. The summed E-state index contributed by atoms with van der Waals surface area (Å²) in [5.74, 6) is 0.638. The molecule has 1 atom stereocenters. The summed E-state index contributed by atoms with van der Waals surface area (Å²) in [6.07, 6.45) is 2.94. The molecule has 114 valence electrons. The average molecular weight is 295 g/mol. The fraction of sp³-hybridized carbons (Fsp3) is 0.316. The van der Waals surface area contributed by atoms with E-state index in [0.29, 0.717) is 0 Å². The first-order valence-corrected chi connectivity index (χ1v) is 7.78. The van der Waals surface area contributed by atoms with Crippen molar-refractivity contribution in [1.82, 2.24) is 0 Å². The molecular formula is C19H21NO2. The van der Waals surface area contributed by atoms with Crippen LogP contribution in [0.3, 0.4) is 0 Å². The Morgan fingerprint density at radius 2 is 1.95 bits per heavy atom. The van der Waals surface area contributed by atoms with Gasteiger partial charge in [-0.2, -0.15) is 0 Å². The van der Waals surface area contributed by atoms with Gasteiger partial charge < -0.3 is 10.1 Å². The van der Waals surface area contributed by atoms with Gasteiger partial charge in [0.15, 0.2) is 6.10 Å². The summed E-state index contributed by atoms with van der Waals surface area (Å²) in [7, 11) is 0. The number of aryl methyl sites for hydroxylation is 3. The Morgan fingerprint density at radius 3 is 2.77 bits per heavy atom. The third kappa shape index (κ3) is 3.30. The second kappa shape index (κ2) is 6.22. The first kappa shape index (κ1) is 14.6. The largest absolute Gasteiger partial charge is 0.481 e. The monoisotopic (exact) mass is 295 g/mol. The van der Waals surface area contributed by atoms with Gasteiger partial charge in [-0.3, -0.25) is 4.79 Å². The lowest BCUT2D eigenvalue weighted by Crippen LogP contribution is -2.30. The van der Waals surface area contributed by atoms with E-state index in [9.17, 15) is 4.79 Å². The van der Waals surface area contributed by atoms with Crippen molar-refractivity contribution in [3.63, 3.8) is 0 Å². The van der Waals surface area contributed by atoms with Crippen LogP contribution in [0.2, 0.25) is 0 Å². The van der Waals surface area contributed by atoms with Gasteiger partial charge in [0.1, 0.15) is 5.75 Å². The fourth-order valence-electron chi connectivity index (χ4n) is 2.85. The van der Waals surface area contributed by atoms with Crippen LogP contribution >= 0.6 is 0 Å². The highest BCUT2D eigenvalue weighted by molar-refractivity contribution is 5.94. The molecule has 2 aromatic carbocycles. The predicted octanol–water partition coefficient (Wildman–Crippen LogP) is 3.89. The van der Waals surface area contributed by atoms with Crippen molar-refractivity contribution in [1.29, 1.82) is 0 Å². The summed E-state index contributed by atoms with van der Waals surface area (Å²) < 4.78 is 5.79. The van der Waals surface area contributed by atoms with Gasteiger partial charge in [0.2, 0.25) is 0 Å². The van der Waals surface area contributed by atoms with Crippen LogP contribution in [-0.4, -0.2) is 12.0 Å². The first-order chi connectivity index (χ1) is 10.6. The topological polar surface area (TPSA) is 38.3 Å². The highest BCUT2D eigenvalue weighted by Gasteiger charge is 2.17. The Hall–Kier alpha value is -2.29. The molecule has 0 saturated heterocycles. The lowest BCUT2D eigenvalue weighted by Gasteiger charge is -2.15. The highest BCUT2D eigenvalue weighted by atomic mass is 16.5. The van der Waals surface area contributed by atoms with Crippen LogP contribution in [0.1, 0.15) is 30.0 Å². The number of carbonyl (C=O) groups excluding carboxylic acids is 1. The Balaban J connectivity index is 1.63. The van der Waals surface area contributed by atoms with Gasteiger partial charge in [0, 0.05) is 5.69 Å². The maximum Gasteiger partial charge on any atom is 0.265 e. The molecule has 2 aromatic rings. The van der Waals surface area contributed by atoms with Crippen LogP contribution in [0.5, 0.6) is 5.75 Å². The molecule has 3 nitrogen and oxygen atoms in total. The van der Waals surface area contributed by atoms with E-state index in [1.807, 2.05) is 37.3 Å². The molecule has 22 heavy (non-hydrogen) atoms. The number of hydrogen-bond donors (Lipinski definition) is 1. The number of anilines is 1. The summed E-state index contributed by atoms with van der Waals surface area (Å²) in [5, 5.41) is 2.89. The van der Waals surface area contributed by atoms with Crippen LogP contribution < -0.4 is 10.1 Å². The van der Waals surface area contributed by atoms with Crippen molar-refractivity contribution in [2.24, 2.45) is 0 Å². The normalized spacial score (nSPS) is 14.3. The smallest absolute Gasteiger partial charge is 0.265 e. The number of fused-ring (bicyclic) bond motifs is 1. The number of rotatable bonds is 4. The number of carbonyl (C=O) groups is 1. The van der Waals surface area contributed by atoms with Crippen molar-refractivity contribution >= 4 is 11.6 Å². The van der Waals surface area contributed by atoms with Crippen LogP contribution in [-0.2, 0) is 17.6 Å². The Bertz CT molecular complexity index is 694. The van der Waals surface area contributed by atoms with Crippen LogP contribution in [0.4, 0.5) is 5.69 Å². The molecule has 1 N–H and O–H groups in total. The molecule has 3 heteroatoms. The molecule has 0 fully saturated rings. The van der Waals surface area contributed by atoms with Crippen molar-refractivity contribution in [2.75, 3.05) is 5.32 Å². The number of benzene rings is 2. The van der Waals surface area contributed by atoms with Gasteiger partial charge in [-0.1, -0.05) is 18.2 Å². The fourth-order valence-corrected chi connectivity index (χ4v) is 2.85. The molecule has 0 radical (unpaired) electrons. The van der Waals surface area contributed by atoms with Crippen molar-refractivity contribution in [3.05, 3.63) is 59.2 Å². The van der Waals surface area contributed by atoms with Crippen molar-refractivity contribution < 1.29 is 9.53 Å². The summed E-state index contributed by atoms with van der Waals surface area (Å²) in [6.45, 7) is 3.78. The number of amides is 1. The van der Waals surface area contributed by atoms with E-state index in [-0.39, 0.29) is 5.91 Å². The zero-order valence-electron chi connectivity index (χ0n) is 13.1. The van der Waals surface area contributed by atoms with Crippen LogP contribution in [0.25, 0.3) is 0 Å². The number of hydrogen-bond acceptors (Lipinski definition) is 2. The zero-order valence-corrected chi connectivity index (χ0v) is 13.1. The molecule has 3 rings (SSSR count). The van der Waals surface area contributed by atoms with E-state index >= 15 is 0 Å². The van der Waals surface area contributed by atoms with Crippen molar-refractivity contribution in [3.8, 4) is 5.75 Å². The van der Waals surface area contributed by atoms with Gasteiger partial charge in [0.05, 0.1) is 0 Å². The highest BCUT2D eigenvalue weighted by Crippen LogP contribution is 2.26. The zero-order chi connectivity index (χ0) is 15.5. The van der Waals surface area contributed by atoms with Gasteiger partial charge in [-0.15, -0.1) is 0 Å². The summed E-state index contributed by atoms with van der Waals surface area (Å²) in [5.41, 5.74) is 4.67. The molecule has 0 aromatic heterocycles. The third-order valence-electron chi connectivity index (χ3n) is 4.04. The SMILES string of the molecule is Cc1cccc(NC(=O)[C@H](C)Oc2ccc3c(c2)CCC3)c1. The van der Waals surface area contributed by atoms with E-state index in [1.54, 1.807) is 6.92 Å². The minimum Gasteiger partial charge on any atom is -0.481 e. The molecule has 1 aliphatic carbocycles. The first-order valence-electron chi connectivity index (χ1n) is 7.78. The summed E-state index contributed by atoms with van der Waals surface area (Å²) in [4.78, 5) is 12.2. The standard InChI is InChI=1S/C19H21NO2/c1-13-5-3-8-17(11-13)20-19(21)14(2)22-18-10-9-15-6-4-7-16(15)12-18/h3,5,8-12,14H,4,6-7H2,1-2H3,(H,20,21)/t14-/m0/s1. The minimum absolute atomic E-state index is 0.133. The lowest BCUT2D eigenvalue weighted by molar-refractivity contribution is -0.122. The maximum absolute atomic E-state index is 12.2. The Morgan fingerprint density at radius 1 is 1.14 bits per heavy atom. The maximum atomic E-state index is 12.2. The number of ether oxygens (including phenoxy) is 1. The van der Waals surface area contributed by atoms with E-state index in [1.165, 1.54) is 17.5 Å². The molecule has 0 unspecified atom stereocenters. The molecule has 0 bridgehead atoms. The Labute approximate surface area is 131 Å². The molecule has 0 saturated carbocycles. The quantitative estimate of drug-likeness (QED) is 0.929. The summed E-state index contributed by atoms with van der Waals surface area (Å²) >= 11 is 0. The minimum atomic E-state index is -0.528. The van der Waals surface area contributed by atoms with E-state index < -0.39 is 6.10 Å². The second-order valence-electron chi connectivity index (χ2n) is 5.90. The van der Waals surface area contributed by atoms with Gasteiger partial charge >= 0.3 is 0 Å². The van der Waals surface area contributed by atoms with Crippen LogP contribution in [0.15, 0.2) is 42.5 Å². The van der Waals surface area contributed by atoms with Crippen molar-refractivity contribution in [2.45, 2.75) is 39.2 Å². The van der Waals surface area contributed by atoms with Gasteiger partial charge in [-0.05, 0) is 74.1 Å². The molecular weight excluding hydrogens is 274 g/mol. The molecule has 0 heterocycles.